The predicted molar refractivity (Wildman–Crippen MR) is 101 cm³/mol. The molecule has 0 bridgehead atoms. The standard InChI is InChI=1S/C19H20N2O5S/c1-25-16-6-5-14(11-17(16)26-2)20-27(23,24)15-8-12-4-3-7-21-18(22)10-13(9-15)19(12)21/h5-6,8-9,11,20H,3-4,7,10H2,1-2H3. The Labute approximate surface area is 157 Å². The number of ether oxygens (including phenoxy) is 2. The molecule has 142 valence electrons. The number of amides is 1. The lowest BCUT2D eigenvalue weighted by Gasteiger charge is -2.26. The monoisotopic (exact) mass is 388 g/mol. The third kappa shape index (κ3) is 2.99. The van der Waals surface area contributed by atoms with Gasteiger partial charge in [-0.25, -0.2) is 8.42 Å². The molecule has 0 saturated heterocycles. The molecule has 2 heterocycles. The van der Waals surface area contributed by atoms with E-state index in [4.69, 9.17) is 9.47 Å². The first-order valence-electron chi connectivity index (χ1n) is 8.64. The van der Waals surface area contributed by atoms with Gasteiger partial charge < -0.3 is 14.4 Å². The zero-order valence-electron chi connectivity index (χ0n) is 15.1. The molecule has 0 atom stereocenters. The van der Waals surface area contributed by atoms with Gasteiger partial charge in [0.1, 0.15) is 0 Å². The van der Waals surface area contributed by atoms with Crippen LogP contribution in [0.15, 0.2) is 35.2 Å². The van der Waals surface area contributed by atoms with Crippen LogP contribution in [0.5, 0.6) is 11.5 Å². The van der Waals surface area contributed by atoms with Crippen LogP contribution < -0.4 is 19.1 Å². The maximum Gasteiger partial charge on any atom is 0.261 e. The highest BCUT2D eigenvalue weighted by Crippen LogP contribution is 2.39. The predicted octanol–water partition coefficient (Wildman–Crippen LogP) is 2.34. The van der Waals surface area contributed by atoms with Gasteiger partial charge in [0.05, 0.1) is 36.9 Å². The van der Waals surface area contributed by atoms with Crippen LogP contribution in [-0.4, -0.2) is 35.1 Å². The van der Waals surface area contributed by atoms with Crippen molar-refractivity contribution in [2.45, 2.75) is 24.2 Å². The topological polar surface area (TPSA) is 84.9 Å². The maximum atomic E-state index is 12.9. The average Bonchev–Trinajstić information content (AvgIpc) is 2.98. The van der Waals surface area contributed by atoms with E-state index in [0.717, 1.165) is 29.7 Å². The van der Waals surface area contributed by atoms with E-state index in [1.54, 1.807) is 35.2 Å². The zero-order valence-corrected chi connectivity index (χ0v) is 15.9. The van der Waals surface area contributed by atoms with Crippen molar-refractivity contribution in [3.05, 3.63) is 41.5 Å². The number of anilines is 2. The van der Waals surface area contributed by atoms with Gasteiger partial charge in [-0.3, -0.25) is 9.52 Å². The summed E-state index contributed by atoms with van der Waals surface area (Å²) in [6.07, 6.45) is 1.86. The molecule has 2 aliphatic rings. The van der Waals surface area contributed by atoms with Gasteiger partial charge >= 0.3 is 0 Å². The summed E-state index contributed by atoms with van der Waals surface area (Å²) in [6, 6.07) is 8.10. The van der Waals surface area contributed by atoms with Crippen molar-refractivity contribution in [3.63, 3.8) is 0 Å². The number of nitrogens with zero attached hydrogens (tertiary/aromatic N) is 1. The number of sulfonamides is 1. The summed E-state index contributed by atoms with van der Waals surface area (Å²) in [5, 5.41) is 0. The van der Waals surface area contributed by atoms with Crippen LogP contribution in [0.3, 0.4) is 0 Å². The van der Waals surface area contributed by atoms with E-state index < -0.39 is 10.0 Å². The first-order chi connectivity index (χ1) is 12.9. The van der Waals surface area contributed by atoms with Crippen molar-refractivity contribution in [2.75, 3.05) is 30.4 Å². The number of nitrogens with one attached hydrogen (secondary N) is 1. The molecule has 0 spiro atoms. The smallest absolute Gasteiger partial charge is 0.261 e. The Morgan fingerprint density at radius 3 is 2.52 bits per heavy atom. The van der Waals surface area contributed by atoms with E-state index in [1.165, 1.54) is 14.2 Å². The van der Waals surface area contributed by atoms with E-state index in [1.807, 2.05) is 0 Å². The molecule has 2 aromatic rings. The first kappa shape index (κ1) is 17.7. The fourth-order valence-corrected chi connectivity index (χ4v) is 4.87. The summed E-state index contributed by atoms with van der Waals surface area (Å²) in [5.74, 6) is 0.984. The Morgan fingerprint density at radius 2 is 1.78 bits per heavy atom. The molecular weight excluding hydrogens is 368 g/mol. The Hall–Kier alpha value is -2.74. The molecular formula is C19H20N2O5S. The van der Waals surface area contributed by atoms with Crippen LogP contribution in [0.4, 0.5) is 11.4 Å². The SMILES string of the molecule is COc1ccc(NS(=O)(=O)c2cc3c4c(c2)CC(=O)N4CCC3)cc1OC. The third-order valence-corrected chi connectivity index (χ3v) is 6.29. The molecule has 0 aliphatic carbocycles. The second-order valence-electron chi connectivity index (χ2n) is 6.59. The second-order valence-corrected chi connectivity index (χ2v) is 8.27. The van der Waals surface area contributed by atoms with Gasteiger partial charge in [0, 0.05) is 12.6 Å². The highest BCUT2D eigenvalue weighted by atomic mass is 32.2. The third-order valence-electron chi connectivity index (χ3n) is 4.93. The van der Waals surface area contributed by atoms with E-state index in [9.17, 15) is 13.2 Å². The highest BCUT2D eigenvalue weighted by molar-refractivity contribution is 7.92. The fourth-order valence-electron chi connectivity index (χ4n) is 3.72. The highest BCUT2D eigenvalue weighted by Gasteiger charge is 2.33. The lowest BCUT2D eigenvalue weighted by Crippen LogP contribution is -2.31. The van der Waals surface area contributed by atoms with Gasteiger partial charge in [-0.05, 0) is 48.2 Å². The number of hydrogen-bond acceptors (Lipinski definition) is 5. The van der Waals surface area contributed by atoms with Crippen LogP contribution in [0.1, 0.15) is 17.5 Å². The zero-order chi connectivity index (χ0) is 19.2. The van der Waals surface area contributed by atoms with Crippen LogP contribution in [0.25, 0.3) is 0 Å². The van der Waals surface area contributed by atoms with Crippen LogP contribution in [-0.2, 0) is 27.7 Å². The molecule has 0 radical (unpaired) electrons. The molecule has 1 N–H and O–H groups in total. The van der Waals surface area contributed by atoms with Crippen LogP contribution in [0.2, 0.25) is 0 Å². The molecule has 2 aliphatic heterocycles. The maximum absolute atomic E-state index is 12.9. The second kappa shape index (κ2) is 6.45. The molecule has 0 fully saturated rings. The largest absolute Gasteiger partial charge is 0.493 e. The van der Waals surface area contributed by atoms with Gasteiger partial charge in [0.2, 0.25) is 5.91 Å². The minimum Gasteiger partial charge on any atom is -0.493 e. The minimum absolute atomic E-state index is 0.0355. The number of aryl methyl sites for hydroxylation is 1. The van der Waals surface area contributed by atoms with Gasteiger partial charge in [0.25, 0.3) is 10.0 Å². The summed E-state index contributed by atoms with van der Waals surface area (Å²) in [4.78, 5) is 14.1. The summed E-state index contributed by atoms with van der Waals surface area (Å²) in [7, 11) is -0.793. The quantitative estimate of drug-likeness (QED) is 0.850. The number of benzene rings is 2. The summed E-state index contributed by atoms with van der Waals surface area (Å²) in [5.41, 5.74) is 2.97. The van der Waals surface area contributed by atoms with E-state index in [0.29, 0.717) is 23.7 Å². The van der Waals surface area contributed by atoms with Gasteiger partial charge in [-0.1, -0.05) is 0 Å². The Bertz CT molecular complexity index is 1030. The molecule has 8 heteroatoms. The summed E-state index contributed by atoms with van der Waals surface area (Å²) < 4.78 is 38.8. The van der Waals surface area contributed by atoms with Gasteiger partial charge in [-0.15, -0.1) is 0 Å². The fraction of sp³-hybridized carbons (Fsp3) is 0.316. The van der Waals surface area contributed by atoms with Gasteiger partial charge in [-0.2, -0.15) is 0 Å². The number of carbonyl (C=O) groups excluding carboxylic acids is 1. The van der Waals surface area contributed by atoms with Crippen molar-refractivity contribution >= 4 is 27.3 Å². The molecule has 0 aromatic heterocycles. The lowest BCUT2D eigenvalue weighted by atomic mass is 10.0. The van der Waals surface area contributed by atoms with Crippen molar-refractivity contribution in [2.24, 2.45) is 0 Å². The van der Waals surface area contributed by atoms with Crippen molar-refractivity contribution in [3.8, 4) is 11.5 Å². The van der Waals surface area contributed by atoms with Crippen LogP contribution >= 0.6 is 0 Å². The molecule has 27 heavy (non-hydrogen) atoms. The van der Waals surface area contributed by atoms with E-state index in [2.05, 4.69) is 4.72 Å². The molecule has 4 rings (SSSR count). The summed E-state index contributed by atoms with van der Waals surface area (Å²) >= 11 is 0. The molecule has 0 unspecified atom stereocenters. The van der Waals surface area contributed by atoms with Crippen LogP contribution in [0, 0.1) is 0 Å². The average molecular weight is 388 g/mol. The number of hydrogen-bond donors (Lipinski definition) is 1. The van der Waals surface area contributed by atoms with E-state index in [-0.39, 0.29) is 17.2 Å². The Morgan fingerprint density at radius 1 is 1.04 bits per heavy atom. The Balaban J connectivity index is 1.70. The minimum atomic E-state index is -3.80. The number of methoxy groups -OCH3 is 2. The van der Waals surface area contributed by atoms with Crippen molar-refractivity contribution in [1.82, 2.24) is 0 Å². The molecule has 7 nitrogen and oxygen atoms in total. The molecule has 0 saturated carbocycles. The normalized spacial score (nSPS) is 15.5. The first-order valence-corrected chi connectivity index (χ1v) is 10.1. The van der Waals surface area contributed by atoms with Crippen molar-refractivity contribution in [1.29, 1.82) is 0 Å². The lowest BCUT2D eigenvalue weighted by molar-refractivity contribution is -0.117. The Kier molecular flexibility index (Phi) is 4.22. The van der Waals surface area contributed by atoms with Crippen molar-refractivity contribution < 1.29 is 22.7 Å². The number of rotatable bonds is 5. The number of carbonyl (C=O) groups is 1. The molecule has 2 aromatic carbocycles. The summed E-state index contributed by atoms with van der Waals surface area (Å²) in [6.45, 7) is 0.703. The van der Waals surface area contributed by atoms with E-state index >= 15 is 0 Å². The molecule has 1 amide bonds. The van der Waals surface area contributed by atoms with Gasteiger partial charge in [0.15, 0.2) is 11.5 Å².